The number of hydrogen-bond acceptors (Lipinski definition) is 8. The Bertz CT molecular complexity index is 2130. The molecule has 0 aliphatic rings. The van der Waals surface area contributed by atoms with Crippen molar-refractivity contribution < 1.29 is 38.7 Å². The summed E-state index contributed by atoms with van der Waals surface area (Å²) in [5.41, 5.74) is 5.01. The van der Waals surface area contributed by atoms with E-state index in [2.05, 4.69) is 13.8 Å². The standard InChI is InChI=1S/C55H72O8/c1-17-19-35-33-41(51(3,4)5)47(56)45(53(9,10)11)43(35)49(58)62-31-29-60-39-25-21-37(22-26-39)55(15,16)38-23-27-40(28-24-38)61-30-32-63-50(59)44-36(20-18-2)34-42(52(6,7)8)48(57)46(44)54(12,13)14/h17-28,33-34,56-57H,29-32H2,1-16H3. The van der Waals surface area contributed by atoms with Crippen LogP contribution in [0, 0.1) is 0 Å². The summed E-state index contributed by atoms with van der Waals surface area (Å²) < 4.78 is 23.5. The maximum atomic E-state index is 13.6. The molecule has 0 saturated carbocycles. The van der Waals surface area contributed by atoms with Gasteiger partial charge in [-0.05, 0) is 94.2 Å². The summed E-state index contributed by atoms with van der Waals surface area (Å²) in [6, 6.07) is 19.5. The highest BCUT2D eigenvalue weighted by atomic mass is 16.6. The zero-order valence-electron chi connectivity index (χ0n) is 40.8. The minimum atomic E-state index is -0.516. The second-order valence-corrected chi connectivity index (χ2v) is 20.9. The highest BCUT2D eigenvalue weighted by molar-refractivity contribution is 5.98. The Labute approximate surface area is 377 Å². The Kier molecular flexibility index (Phi) is 15.5. The summed E-state index contributed by atoms with van der Waals surface area (Å²) >= 11 is 0. The minimum Gasteiger partial charge on any atom is -0.507 e. The fourth-order valence-corrected chi connectivity index (χ4v) is 7.89. The van der Waals surface area contributed by atoms with E-state index in [1.165, 1.54) is 0 Å². The summed E-state index contributed by atoms with van der Waals surface area (Å²) in [4.78, 5) is 27.3. The Morgan fingerprint density at radius 3 is 1.08 bits per heavy atom. The Morgan fingerprint density at radius 2 is 0.810 bits per heavy atom. The van der Waals surface area contributed by atoms with E-state index in [4.69, 9.17) is 18.9 Å². The molecule has 0 amide bonds. The second kappa shape index (κ2) is 19.5. The summed E-state index contributed by atoms with van der Waals surface area (Å²) in [6.07, 6.45) is 7.54. The first-order valence-electron chi connectivity index (χ1n) is 22.0. The molecule has 4 rings (SSSR count). The van der Waals surface area contributed by atoms with E-state index in [-0.39, 0.29) is 54.2 Å². The first kappa shape index (κ1) is 50.1. The van der Waals surface area contributed by atoms with Crippen LogP contribution in [0.15, 0.2) is 72.8 Å². The number of carbonyl (C=O) groups excluding carboxylic acids is 2. The molecule has 0 saturated heterocycles. The van der Waals surface area contributed by atoms with Crippen LogP contribution in [0.3, 0.4) is 0 Å². The van der Waals surface area contributed by atoms with Crippen LogP contribution in [-0.4, -0.2) is 48.6 Å². The number of rotatable bonds is 14. The third-order valence-corrected chi connectivity index (χ3v) is 11.2. The molecule has 0 aromatic heterocycles. The number of phenols is 2. The molecule has 0 atom stereocenters. The van der Waals surface area contributed by atoms with Gasteiger partial charge in [0.2, 0.25) is 0 Å². The van der Waals surface area contributed by atoms with E-state index in [0.717, 1.165) is 22.3 Å². The zero-order valence-corrected chi connectivity index (χ0v) is 40.8. The number of hydrogen-bond donors (Lipinski definition) is 2. The normalized spacial score (nSPS) is 12.8. The molecule has 0 radical (unpaired) electrons. The number of allylic oxidation sites excluding steroid dienone is 2. The average molecular weight is 861 g/mol. The van der Waals surface area contributed by atoms with Gasteiger partial charge in [-0.25, -0.2) is 9.59 Å². The van der Waals surface area contributed by atoms with Gasteiger partial charge in [-0.15, -0.1) is 0 Å². The molecule has 2 N–H and O–H groups in total. The van der Waals surface area contributed by atoms with Gasteiger partial charge in [0, 0.05) is 27.7 Å². The lowest BCUT2D eigenvalue weighted by Crippen LogP contribution is -2.24. The number of aromatic hydroxyl groups is 2. The second-order valence-electron chi connectivity index (χ2n) is 20.9. The van der Waals surface area contributed by atoms with Crippen molar-refractivity contribution >= 4 is 24.1 Å². The lowest BCUT2D eigenvalue weighted by Gasteiger charge is -2.30. The van der Waals surface area contributed by atoms with Crippen LogP contribution < -0.4 is 9.47 Å². The average Bonchev–Trinajstić information content (AvgIpc) is 3.17. The van der Waals surface area contributed by atoms with Gasteiger partial charge in [-0.1, -0.05) is 146 Å². The number of esters is 2. The van der Waals surface area contributed by atoms with Crippen LogP contribution in [0.5, 0.6) is 23.0 Å². The van der Waals surface area contributed by atoms with Crippen LogP contribution in [-0.2, 0) is 36.5 Å². The summed E-state index contributed by atoms with van der Waals surface area (Å²) in [5.74, 6) is 0.557. The smallest absolute Gasteiger partial charge is 0.339 e. The van der Waals surface area contributed by atoms with E-state index in [1.807, 2.05) is 182 Å². The zero-order chi connectivity index (χ0) is 47.3. The highest BCUT2D eigenvalue weighted by Crippen LogP contribution is 2.45. The first-order chi connectivity index (χ1) is 29.1. The quantitative estimate of drug-likeness (QED) is 0.0952. The third kappa shape index (κ3) is 12.0. The van der Waals surface area contributed by atoms with Gasteiger partial charge in [0.15, 0.2) is 0 Å². The van der Waals surface area contributed by atoms with Gasteiger partial charge in [0.25, 0.3) is 0 Å². The number of benzene rings is 4. The molecule has 63 heavy (non-hydrogen) atoms. The number of ether oxygens (including phenoxy) is 4. The van der Waals surface area contributed by atoms with E-state index in [0.29, 0.717) is 44.9 Å². The Hall–Kier alpha value is -5.50. The van der Waals surface area contributed by atoms with Crippen molar-refractivity contribution in [3.05, 3.63) is 128 Å². The van der Waals surface area contributed by atoms with Crippen molar-refractivity contribution in [2.24, 2.45) is 0 Å². The highest BCUT2D eigenvalue weighted by Gasteiger charge is 2.35. The molecule has 8 heteroatoms. The Balaban J connectivity index is 1.36. The monoisotopic (exact) mass is 861 g/mol. The maximum Gasteiger partial charge on any atom is 0.339 e. The number of phenolic OH excluding ortho intramolecular Hbond substituents is 2. The van der Waals surface area contributed by atoms with Crippen molar-refractivity contribution in [1.82, 2.24) is 0 Å². The molecule has 8 nitrogen and oxygen atoms in total. The maximum absolute atomic E-state index is 13.6. The van der Waals surface area contributed by atoms with Crippen molar-refractivity contribution in [3.8, 4) is 23.0 Å². The molecular weight excluding hydrogens is 789 g/mol. The van der Waals surface area contributed by atoms with E-state index in [1.54, 1.807) is 0 Å². The van der Waals surface area contributed by atoms with Crippen LogP contribution in [0.2, 0.25) is 0 Å². The van der Waals surface area contributed by atoms with Crippen LogP contribution in [0.4, 0.5) is 0 Å². The molecule has 0 spiro atoms. The predicted molar refractivity (Wildman–Crippen MR) is 257 cm³/mol. The van der Waals surface area contributed by atoms with Crippen LogP contribution in [0.1, 0.15) is 176 Å². The van der Waals surface area contributed by atoms with Gasteiger partial charge in [-0.3, -0.25) is 0 Å². The fraction of sp³-hybridized carbons (Fsp3) is 0.455. The Morgan fingerprint density at radius 1 is 0.492 bits per heavy atom. The van der Waals surface area contributed by atoms with Crippen molar-refractivity contribution in [3.63, 3.8) is 0 Å². The van der Waals surface area contributed by atoms with Gasteiger partial charge < -0.3 is 29.2 Å². The molecule has 0 unspecified atom stereocenters. The van der Waals surface area contributed by atoms with E-state index < -0.39 is 22.8 Å². The molecule has 340 valence electrons. The lowest BCUT2D eigenvalue weighted by molar-refractivity contribution is 0.0439. The van der Waals surface area contributed by atoms with Gasteiger partial charge in [0.1, 0.15) is 49.4 Å². The van der Waals surface area contributed by atoms with Crippen molar-refractivity contribution in [1.29, 1.82) is 0 Å². The summed E-state index contributed by atoms with van der Waals surface area (Å²) in [5, 5.41) is 22.9. The van der Waals surface area contributed by atoms with Crippen molar-refractivity contribution in [2.45, 2.75) is 138 Å². The van der Waals surface area contributed by atoms with Gasteiger partial charge >= 0.3 is 11.9 Å². The fourth-order valence-electron chi connectivity index (χ4n) is 7.89. The molecule has 4 aromatic carbocycles. The van der Waals surface area contributed by atoms with Crippen LogP contribution >= 0.6 is 0 Å². The molecule has 0 bridgehead atoms. The minimum absolute atomic E-state index is 0.0369. The molecule has 0 aliphatic heterocycles. The number of carbonyl (C=O) groups is 2. The lowest BCUT2D eigenvalue weighted by atomic mass is 9.75. The van der Waals surface area contributed by atoms with Crippen LogP contribution in [0.25, 0.3) is 12.2 Å². The SMILES string of the molecule is CC=Cc1cc(C(C)(C)C)c(O)c(C(C)(C)C)c1C(=O)OCCOc1ccc(C(C)(C)c2ccc(OCCOC(=O)c3c(C=CC)cc(C(C)(C)C)c(O)c3C(C)(C)C)cc2)cc1. The van der Waals surface area contributed by atoms with E-state index in [9.17, 15) is 19.8 Å². The third-order valence-electron chi connectivity index (χ3n) is 11.2. The van der Waals surface area contributed by atoms with E-state index >= 15 is 0 Å². The summed E-state index contributed by atoms with van der Waals surface area (Å²) in [6.45, 7) is 32.7. The molecule has 4 aromatic rings. The molecular formula is C55H72O8. The summed E-state index contributed by atoms with van der Waals surface area (Å²) in [7, 11) is 0. The van der Waals surface area contributed by atoms with Gasteiger partial charge in [0.05, 0.1) is 11.1 Å². The first-order valence-corrected chi connectivity index (χ1v) is 22.0. The van der Waals surface area contributed by atoms with Crippen molar-refractivity contribution in [2.75, 3.05) is 26.4 Å². The molecule has 0 heterocycles. The predicted octanol–water partition coefficient (Wildman–Crippen LogP) is 13.2. The molecule has 0 aliphatic carbocycles. The largest absolute Gasteiger partial charge is 0.507 e. The topological polar surface area (TPSA) is 112 Å². The molecule has 0 fully saturated rings. The van der Waals surface area contributed by atoms with Gasteiger partial charge in [-0.2, -0.15) is 0 Å².